The van der Waals surface area contributed by atoms with Gasteiger partial charge in [-0.2, -0.15) is 0 Å². The maximum Gasteiger partial charge on any atom is 0.306 e. The van der Waals surface area contributed by atoms with Crippen molar-refractivity contribution in [3.05, 3.63) is 64.4 Å². The number of nitrogens with one attached hydrogen (secondary N) is 1. The molecule has 5 nitrogen and oxygen atoms in total. The second-order valence-corrected chi connectivity index (χ2v) is 7.55. The number of benzene rings is 1. The molecule has 4 aromatic rings. The first kappa shape index (κ1) is 17.5. The molecule has 6 heteroatoms. The van der Waals surface area contributed by atoms with Crippen LogP contribution in [0.4, 0.5) is 0 Å². The Hall–Kier alpha value is -2.86. The van der Waals surface area contributed by atoms with Gasteiger partial charge in [-0.25, -0.2) is 0 Å². The van der Waals surface area contributed by atoms with Crippen LogP contribution in [0, 0.1) is 13.8 Å². The second-order valence-electron chi connectivity index (χ2n) is 6.60. The van der Waals surface area contributed by atoms with Crippen LogP contribution >= 0.6 is 11.3 Å². The molecule has 0 radical (unpaired) electrons. The van der Waals surface area contributed by atoms with Crippen LogP contribution in [-0.2, 0) is 22.6 Å². The Morgan fingerprint density at radius 1 is 1.26 bits per heavy atom. The highest BCUT2D eigenvalue weighted by atomic mass is 32.1. The first-order valence-corrected chi connectivity index (χ1v) is 9.71. The average molecular weight is 380 g/mol. The topological polar surface area (TPSA) is 68.1 Å². The molecule has 4 rings (SSSR count). The number of rotatable bonds is 6. The van der Waals surface area contributed by atoms with Gasteiger partial charge in [0.2, 0.25) is 0 Å². The molecular weight excluding hydrogens is 360 g/mol. The number of ether oxygens (including phenoxy) is 1. The van der Waals surface area contributed by atoms with Crippen molar-refractivity contribution in [3.8, 4) is 10.6 Å². The normalized spacial score (nSPS) is 11.2. The second kappa shape index (κ2) is 7.40. The van der Waals surface area contributed by atoms with Gasteiger partial charge in [0, 0.05) is 23.4 Å². The molecule has 3 aromatic heterocycles. The van der Waals surface area contributed by atoms with E-state index >= 15 is 0 Å². The summed E-state index contributed by atoms with van der Waals surface area (Å²) >= 11 is 1.69. The van der Waals surface area contributed by atoms with Crippen molar-refractivity contribution in [2.45, 2.75) is 33.3 Å². The van der Waals surface area contributed by atoms with E-state index in [1.807, 2.05) is 13.0 Å². The molecule has 0 amide bonds. The molecule has 0 bridgehead atoms. The summed E-state index contributed by atoms with van der Waals surface area (Å²) in [6.45, 7) is 4.03. The number of esters is 1. The lowest BCUT2D eigenvalue weighted by Crippen LogP contribution is -2.05. The predicted molar refractivity (Wildman–Crippen MR) is 106 cm³/mol. The Morgan fingerprint density at radius 3 is 2.89 bits per heavy atom. The van der Waals surface area contributed by atoms with Crippen molar-refractivity contribution in [1.29, 1.82) is 0 Å². The van der Waals surface area contributed by atoms with Crippen molar-refractivity contribution in [3.63, 3.8) is 0 Å². The van der Waals surface area contributed by atoms with Gasteiger partial charge in [0.25, 0.3) is 0 Å². The lowest BCUT2D eigenvalue weighted by Gasteiger charge is -2.05. The van der Waals surface area contributed by atoms with Crippen molar-refractivity contribution < 1.29 is 14.1 Å². The predicted octanol–water partition coefficient (Wildman–Crippen LogP) is 5.18. The van der Waals surface area contributed by atoms with E-state index in [9.17, 15) is 4.79 Å². The number of thiophene rings is 1. The van der Waals surface area contributed by atoms with Gasteiger partial charge in [-0.05, 0) is 49.4 Å². The molecule has 0 atom stereocenters. The van der Waals surface area contributed by atoms with E-state index in [1.54, 1.807) is 17.4 Å². The van der Waals surface area contributed by atoms with Crippen LogP contribution in [0.1, 0.15) is 29.0 Å². The summed E-state index contributed by atoms with van der Waals surface area (Å²) in [7, 11) is 0. The lowest BCUT2D eigenvalue weighted by molar-refractivity contribution is -0.145. The van der Waals surface area contributed by atoms with Gasteiger partial charge in [0.1, 0.15) is 0 Å². The van der Waals surface area contributed by atoms with Crippen molar-refractivity contribution >= 4 is 28.2 Å². The SMILES string of the molecule is Cc1ccc2[nH]c(-c3cccs3)c(CCC(=O)OCc3cc(C)no3)c2c1. The van der Waals surface area contributed by atoms with E-state index in [1.165, 1.54) is 10.4 Å². The maximum atomic E-state index is 12.2. The fourth-order valence-electron chi connectivity index (χ4n) is 3.19. The maximum absolute atomic E-state index is 12.2. The average Bonchev–Trinajstić information content (AvgIpc) is 3.37. The van der Waals surface area contributed by atoms with Gasteiger partial charge < -0.3 is 14.2 Å². The molecule has 0 saturated heterocycles. The number of aryl methyl sites for hydroxylation is 3. The van der Waals surface area contributed by atoms with Gasteiger partial charge >= 0.3 is 5.97 Å². The Morgan fingerprint density at radius 2 is 2.15 bits per heavy atom. The largest absolute Gasteiger partial charge is 0.457 e. The highest BCUT2D eigenvalue weighted by molar-refractivity contribution is 7.13. The monoisotopic (exact) mass is 380 g/mol. The Balaban J connectivity index is 1.52. The van der Waals surface area contributed by atoms with Gasteiger partial charge in [-0.15, -0.1) is 11.3 Å². The number of hydrogen-bond donors (Lipinski definition) is 1. The van der Waals surface area contributed by atoms with E-state index in [0.717, 1.165) is 27.9 Å². The lowest BCUT2D eigenvalue weighted by atomic mass is 10.0. The van der Waals surface area contributed by atoms with E-state index in [0.29, 0.717) is 18.6 Å². The third-order valence-corrected chi connectivity index (χ3v) is 5.35. The zero-order valence-electron chi connectivity index (χ0n) is 15.2. The first-order valence-electron chi connectivity index (χ1n) is 8.83. The van der Waals surface area contributed by atoms with E-state index in [-0.39, 0.29) is 12.6 Å². The van der Waals surface area contributed by atoms with E-state index < -0.39 is 0 Å². The summed E-state index contributed by atoms with van der Waals surface area (Å²) in [5.41, 5.74) is 5.30. The zero-order valence-corrected chi connectivity index (χ0v) is 16.1. The number of carbonyl (C=O) groups excluding carboxylic acids is 1. The molecule has 0 saturated carbocycles. The molecule has 27 heavy (non-hydrogen) atoms. The molecule has 0 aliphatic heterocycles. The van der Waals surface area contributed by atoms with Gasteiger partial charge in [0.05, 0.1) is 16.3 Å². The summed E-state index contributed by atoms with van der Waals surface area (Å²) in [6.07, 6.45) is 0.928. The number of aromatic nitrogens is 2. The smallest absolute Gasteiger partial charge is 0.306 e. The highest BCUT2D eigenvalue weighted by Gasteiger charge is 2.16. The van der Waals surface area contributed by atoms with Crippen molar-refractivity contribution in [1.82, 2.24) is 10.1 Å². The van der Waals surface area contributed by atoms with Crippen LogP contribution in [0.5, 0.6) is 0 Å². The van der Waals surface area contributed by atoms with Crippen molar-refractivity contribution in [2.75, 3.05) is 0 Å². The number of carbonyl (C=O) groups is 1. The third kappa shape index (κ3) is 3.80. The molecule has 1 N–H and O–H groups in total. The Bertz CT molecular complexity index is 1080. The highest BCUT2D eigenvalue weighted by Crippen LogP contribution is 2.34. The van der Waals surface area contributed by atoms with Crippen LogP contribution in [0.25, 0.3) is 21.5 Å². The molecule has 3 heterocycles. The van der Waals surface area contributed by atoms with Crippen molar-refractivity contribution in [2.24, 2.45) is 0 Å². The Labute approximate surface area is 161 Å². The van der Waals surface area contributed by atoms with E-state index in [2.05, 4.69) is 46.7 Å². The minimum absolute atomic E-state index is 0.116. The summed E-state index contributed by atoms with van der Waals surface area (Å²) in [4.78, 5) is 16.9. The fraction of sp³-hybridized carbons (Fsp3) is 0.238. The van der Waals surface area contributed by atoms with Crippen LogP contribution in [0.3, 0.4) is 0 Å². The summed E-state index contributed by atoms with van der Waals surface area (Å²) in [5.74, 6) is 0.311. The fourth-order valence-corrected chi connectivity index (χ4v) is 3.94. The van der Waals surface area contributed by atoms with Gasteiger partial charge in [-0.3, -0.25) is 4.79 Å². The molecular formula is C21H20N2O3S. The van der Waals surface area contributed by atoms with Crippen LogP contribution in [0.2, 0.25) is 0 Å². The number of H-pyrrole nitrogens is 1. The summed E-state index contributed by atoms with van der Waals surface area (Å²) in [6, 6.07) is 12.3. The molecule has 0 unspecified atom stereocenters. The standard InChI is InChI=1S/C21H20N2O3S/c1-13-5-7-18-17(10-13)16(21(22-18)19-4-3-9-27-19)6-8-20(24)25-12-15-11-14(2)23-26-15/h3-5,7,9-11,22H,6,8,12H2,1-2H3. The molecule has 0 aliphatic carbocycles. The quantitative estimate of drug-likeness (QED) is 0.468. The van der Waals surface area contributed by atoms with E-state index in [4.69, 9.17) is 9.26 Å². The first-order chi connectivity index (χ1) is 13.1. The minimum Gasteiger partial charge on any atom is -0.457 e. The number of fused-ring (bicyclic) bond motifs is 1. The number of aromatic amines is 1. The van der Waals surface area contributed by atoms with Crippen LogP contribution in [-0.4, -0.2) is 16.1 Å². The van der Waals surface area contributed by atoms with Gasteiger partial charge in [0.15, 0.2) is 12.4 Å². The molecule has 1 aromatic carbocycles. The zero-order chi connectivity index (χ0) is 18.8. The van der Waals surface area contributed by atoms with Crippen LogP contribution < -0.4 is 0 Å². The molecule has 0 fully saturated rings. The third-order valence-electron chi connectivity index (χ3n) is 4.46. The van der Waals surface area contributed by atoms with Gasteiger partial charge in [-0.1, -0.05) is 22.9 Å². The summed E-state index contributed by atoms with van der Waals surface area (Å²) < 4.78 is 10.4. The summed E-state index contributed by atoms with van der Waals surface area (Å²) in [5, 5.41) is 7.02. The minimum atomic E-state index is -0.247. The molecule has 138 valence electrons. The molecule has 0 spiro atoms. The van der Waals surface area contributed by atoms with Crippen LogP contribution in [0.15, 0.2) is 46.3 Å². The Kier molecular flexibility index (Phi) is 4.81. The number of nitrogens with zero attached hydrogens (tertiary/aromatic N) is 1. The number of hydrogen-bond acceptors (Lipinski definition) is 5. The molecule has 0 aliphatic rings.